The average Bonchev–Trinajstić information content (AvgIpc) is 3.30. The Hall–Kier alpha value is -2.94. The van der Waals surface area contributed by atoms with Gasteiger partial charge in [-0.25, -0.2) is 4.79 Å². The van der Waals surface area contributed by atoms with E-state index in [1.165, 1.54) is 0 Å². The summed E-state index contributed by atoms with van der Waals surface area (Å²) < 4.78 is 0. The molecule has 0 aliphatic carbocycles. The molecular weight excluding hydrogens is 424 g/mol. The van der Waals surface area contributed by atoms with Crippen LogP contribution in [0.4, 0.5) is 0 Å². The number of carboxylic acid groups (broad SMARTS) is 1. The maximum absolute atomic E-state index is 13.0. The summed E-state index contributed by atoms with van der Waals surface area (Å²) in [7, 11) is 0. The van der Waals surface area contributed by atoms with E-state index < -0.39 is 35.9 Å². The molecule has 5 N–H and O–H groups in total. The predicted molar refractivity (Wildman–Crippen MR) is 124 cm³/mol. The lowest BCUT2D eigenvalue weighted by Crippen LogP contribution is -2.59. The minimum Gasteiger partial charge on any atom is -0.480 e. The van der Waals surface area contributed by atoms with Gasteiger partial charge in [-0.1, -0.05) is 58.0 Å². The highest BCUT2D eigenvalue weighted by molar-refractivity contribution is 5.94. The lowest BCUT2D eigenvalue weighted by Gasteiger charge is -2.28. The van der Waals surface area contributed by atoms with E-state index in [9.17, 15) is 24.3 Å². The summed E-state index contributed by atoms with van der Waals surface area (Å²) in [5.41, 5.74) is 0.776. The zero-order chi connectivity index (χ0) is 24.5. The first-order valence-corrected chi connectivity index (χ1v) is 11.5. The van der Waals surface area contributed by atoms with Crippen molar-refractivity contribution in [2.75, 3.05) is 6.54 Å². The minimum absolute atomic E-state index is 0.125. The van der Waals surface area contributed by atoms with Gasteiger partial charge in [0.05, 0.1) is 6.04 Å². The first kappa shape index (κ1) is 26.3. The first-order valence-electron chi connectivity index (χ1n) is 11.5. The molecule has 1 aromatic rings. The van der Waals surface area contributed by atoms with Gasteiger partial charge in [-0.3, -0.25) is 14.4 Å². The largest absolute Gasteiger partial charge is 0.480 e. The quantitative estimate of drug-likeness (QED) is 0.332. The van der Waals surface area contributed by atoms with Gasteiger partial charge in [0, 0.05) is 6.42 Å². The van der Waals surface area contributed by atoms with Crippen LogP contribution in [0.15, 0.2) is 30.3 Å². The average molecular weight is 461 g/mol. The molecule has 1 aliphatic rings. The molecule has 0 saturated carbocycles. The molecule has 9 nitrogen and oxygen atoms in total. The number of amides is 3. The fraction of sp³-hybridized carbons (Fsp3) is 0.583. The van der Waals surface area contributed by atoms with Crippen molar-refractivity contribution in [3.63, 3.8) is 0 Å². The third kappa shape index (κ3) is 7.85. The molecule has 182 valence electrons. The molecule has 1 aromatic carbocycles. The highest BCUT2D eigenvalue weighted by atomic mass is 16.4. The molecule has 2 rings (SSSR count). The van der Waals surface area contributed by atoms with E-state index in [-0.39, 0.29) is 30.2 Å². The molecule has 0 spiro atoms. The summed E-state index contributed by atoms with van der Waals surface area (Å²) >= 11 is 0. The van der Waals surface area contributed by atoms with E-state index in [1.54, 1.807) is 38.1 Å². The van der Waals surface area contributed by atoms with Gasteiger partial charge in [0.1, 0.15) is 18.1 Å². The van der Waals surface area contributed by atoms with Gasteiger partial charge in [0.15, 0.2) is 0 Å². The predicted octanol–water partition coefficient (Wildman–Crippen LogP) is 0.832. The molecule has 3 amide bonds. The van der Waals surface area contributed by atoms with Gasteiger partial charge in [0.25, 0.3) is 0 Å². The van der Waals surface area contributed by atoms with Crippen LogP contribution in [0.25, 0.3) is 0 Å². The minimum atomic E-state index is -1.16. The summed E-state index contributed by atoms with van der Waals surface area (Å²) in [6.07, 6.45) is 1.74. The second-order valence-electron chi connectivity index (χ2n) is 9.20. The number of hydrogen-bond donors (Lipinski definition) is 5. The van der Waals surface area contributed by atoms with Crippen molar-refractivity contribution in [3.05, 3.63) is 35.9 Å². The van der Waals surface area contributed by atoms with Gasteiger partial charge in [-0.05, 0) is 36.8 Å². The third-order valence-corrected chi connectivity index (χ3v) is 5.77. The number of rotatable bonds is 11. The van der Waals surface area contributed by atoms with Crippen LogP contribution in [0.5, 0.6) is 0 Å². The SMILES string of the molecule is CC(C)C(NC(=O)C1CCCN1)C(=O)NC(C(=O)NC(Cc1ccccc1)C(=O)O)C(C)C. The highest BCUT2D eigenvalue weighted by Gasteiger charge is 2.33. The maximum Gasteiger partial charge on any atom is 0.326 e. The highest BCUT2D eigenvalue weighted by Crippen LogP contribution is 2.11. The van der Waals surface area contributed by atoms with Crippen molar-refractivity contribution in [2.45, 2.75) is 71.1 Å². The Morgan fingerprint density at radius 1 is 0.939 bits per heavy atom. The van der Waals surface area contributed by atoms with Crippen LogP contribution in [0.1, 0.15) is 46.1 Å². The molecule has 1 heterocycles. The van der Waals surface area contributed by atoms with Crippen molar-refractivity contribution in [2.24, 2.45) is 11.8 Å². The summed E-state index contributed by atoms with van der Waals surface area (Å²) in [5, 5.41) is 20.8. The molecule has 0 aromatic heterocycles. The van der Waals surface area contributed by atoms with Crippen molar-refractivity contribution in [3.8, 4) is 0 Å². The zero-order valence-corrected chi connectivity index (χ0v) is 19.8. The first-order chi connectivity index (χ1) is 15.6. The maximum atomic E-state index is 13.0. The topological polar surface area (TPSA) is 137 Å². The van der Waals surface area contributed by atoms with Crippen LogP contribution in [-0.4, -0.2) is 59.5 Å². The number of carbonyl (C=O) groups is 4. The molecule has 1 aliphatic heterocycles. The number of aliphatic carboxylic acids is 1. The fourth-order valence-corrected chi connectivity index (χ4v) is 3.79. The van der Waals surface area contributed by atoms with E-state index in [2.05, 4.69) is 21.3 Å². The van der Waals surface area contributed by atoms with Crippen LogP contribution < -0.4 is 21.3 Å². The monoisotopic (exact) mass is 460 g/mol. The van der Waals surface area contributed by atoms with Gasteiger partial charge in [-0.15, -0.1) is 0 Å². The Labute approximate surface area is 195 Å². The summed E-state index contributed by atoms with van der Waals surface area (Å²) in [5.74, 6) is -2.93. The molecule has 9 heteroatoms. The van der Waals surface area contributed by atoms with Gasteiger partial charge >= 0.3 is 5.97 Å². The molecule has 0 radical (unpaired) electrons. The Kier molecular flexibility index (Phi) is 9.84. The summed E-state index contributed by atoms with van der Waals surface area (Å²) in [6.45, 7) is 7.93. The second-order valence-corrected chi connectivity index (χ2v) is 9.20. The third-order valence-electron chi connectivity index (χ3n) is 5.77. The van der Waals surface area contributed by atoms with Crippen LogP contribution in [0.2, 0.25) is 0 Å². The van der Waals surface area contributed by atoms with Crippen LogP contribution >= 0.6 is 0 Å². The molecule has 4 unspecified atom stereocenters. The normalized spacial score (nSPS) is 18.4. The number of carbonyl (C=O) groups excluding carboxylic acids is 3. The number of nitrogens with one attached hydrogen (secondary N) is 4. The van der Waals surface area contributed by atoms with E-state index in [0.29, 0.717) is 6.42 Å². The molecule has 0 bridgehead atoms. The zero-order valence-electron chi connectivity index (χ0n) is 19.8. The summed E-state index contributed by atoms with van der Waals surface area (Å²) in [4.78, 5) is 50.2. The lowest BCUT2D eigenvalue weighted by atomic mass is 9.98. The van der Waals surface area contributed by atoms with E-state index >= 15 is 0 Å². The molecule has 1 saturated heterocycles. The van der Waals surface area contributed by atoms with Gasteiger partial charge in [0.2, 0.25) is 17.7 Å². The van der Waals surface area contributed by atoms with Crippen LogP contribution in [0.3, 0.4) is 0 Å². The second kappa shape index (κ2) is 12.3. The number of benzene rings is 1. The lowest BCUT2D eigenvalue weighted by molar-refractivity contribution is -0.142. The van der Waals surface area contributed by atoms with Crippen LogP contribution in [0, 0.1) is 11.8 Å². The molecule has 33 heavy (non-hydrogen) atoms. The van der Waals surface area contributed by atoms with Crippen molar-refractivity contribution < 1.29 is 24.3 Å². The Bertz CT molecular complexity index is 821. The van der Waals surface area contributed by atoms with E-state index in [1.807, 2.05) is 19.9 Å². The van der Waals surface area contributed by atoms with E-state index in [0.717, 1.165) is 18.5 Å². The van der Waals surface area contributed by atoms with Crippen molar-refractivity contribution >= 4 is 23.7 Å². The fourth-order valence-electron chi connectivity index (χ4n) is 3.79. The standard InChI is InChI=1S/C24H36N4O5/c1-14(2)19(22(30)26-18(24(32)33)13-16-9-6-5-7-10-16)28-23(31)20(15(3)4)27-21(29)17-11-8-12-25-17/h5-7,9-10,14-15,17-20,25H,8,11-13H2,1-4H3,(H,26,30)(H,27,29)(H,28,31)(H,32,33). The van der Waals surface area contributed by atoms with Crippen molar-refractivity contribution in [1.29, 1.82) is 0 Å². The Balaban J connectivity index is 2.06. The molecule has 4 atom stereocenters. The molecular formula is C24H36N4O5. The Morgan fingerprint density at radius 3 is 2.03 bits per heavy atom. The number of hydrogen-bond acceptors (Lipinski definition) is 5. The van der Waals surface area contributed by atoms with Crippen molar-refractivity contribution in [1.82, 2.24) is 21.3 Å². The molecule has 1 fully saturated rings. The smallest absolute Gasteiger partial charge is 0.326 e. The van der Waals surface area contributed by atoms with Gasteiger partial charge in [-0.2, -0.15) is 0 Å². The van der Waals surface area contributed by atoms with Crippen LogP contribution in [-0.2, 0) is 25.6 Å². The summed E-state index contributed by atoms with van der Waals surface area (Å²) in [6, 6.07) is 5.80. The Morgan fingerprint density at radius 2 is 1.52 bits per heavy atom. The number of carboxylic acids is 1. The van der Waals surface area contributed by atoms with Gasteiger partial charge < -0.3 is 26.4 Å². The van der Waals surface area contributed by atoms with E-state index in [4.69, 9.17) is 0 Å².